The number of phosphoric acid groups is 1. The zero-order chi connectivity index (χ0) is 42.8. The summed E-state index contributed by atoms with van der Waals surface area (Å²) in [5, 5.41) is 20.1. The van der Waals surface area contributed by atoms with E-state index in [-0.39, 0.29) is 19.4 Å². The van der Waals surface area contributed by atoms with E-state index < -0.39 is 44.7 Å². The first-order valence-electron chi connectivity index (χ1n) is 23.1. The number of ether oxygens (including phenoxy) is 2. The Morgan fingerprint density at radius 3 is 1.36 bits per heavy atom. The fourth-order valence-corrected chi connectivity index (χ4v) is 6.89. The summed E-state index contributed by atoms with van der Waals surface area (Å²) in [6.45, 7) is 3.42. The van der Waals surface area contributed by atoms with E-state index in [1.54, 1.807) is 18.2 Å². The fraction of sp³-hybridized carbons (Fsp3) is 0.787. The van der Waals surface area contributed by atoms with Gasteiger partial charge in [-0.25, -0.2) is 4.57 Å². The largest absolute Gasteiger partial charge is 0.469 e. The molecule has 0 bridgehead atoms. The van der Waals surface area contributed by atoms with Gasteiger partial charge in [-0.2, -0.15) is 0 Å². The van der Waals surface area contributed by atoms with Crippen LogP contribution in [0.3, 0.4) is 0 Å². The number of rotatable bonds is 42. The second-order valence-corrected chi connectivity index (χ2v) is 17.0. The van der Waals surface area contributed by atoms with Gasteiger partial charge < -0.3 is 29.5 Å². The van der Waals surface area contributed by atoms with Crippen molar-refractivity contribution in [2.24, 2.45) is 0 Å². The molecular formula is C47H85O10P. The highest BCUT2D eigenvalue weighted by Gasteiger charge is 2.23. The highest BCUT2D eigenvalue weighted by Crippen LogP contribution is 2.36. The Labute approximate surface area is 353 Å². The standard InChI is InChI=1S/C47H85O10P/c1-3-5-7-8-9-10-11-12-13-14-15-16-17-18-19-20-21-22-26-29-33-39-46(50)55-41-45(42-56-58(52,53)54)57-47(51)40-34-38-44(49)37-32-28-25-23-24-27-31-36-43(48)35-30-6-4-2/h24-25,27-28,31-32,36-37,43-45,48-49H,3-23,26,29-30,33-35,38-42H2,1-2H3,(H2,52,53,54)/b27-24-,28-25-,36-31+,37-32+/t43-,44-,45-/m1/s1. The molecule has 0 rings (SSSR count). The van der Waals surface area contributed by atoms with Gasteiger partial charge in [0.25, 0.3) is 0 Å². The van der Waals surface area contributed by atoms with Crippen LogP contribution in [0.5, 0.6) is 0 Å². The number of hydrogen-bond donors (Lipinski definition) is 4. The minimum Gasteiger partial charge on any atom is -0.462 e. The normalized spacial score (nSPS) is 14.0. The number of aliphatic hydroxyl groups excluding tert-OH is 2. The molecule has 11 heteroatoms. The minimum atomic E-state index is -4.82. The molecule has 0 aliphatic heterocycles. The van der Waals surface area contributed by atoms with Gasteiger partial charge in [0, 0.05) is 12.8 Å². The van der Waals surface area contributed by atoms with E-state index in [1.807, 2.05) is 30.4 Å². The molecule has 10 nitrogen and oxygen atoms in total. The number of esters is 2. The first-order chi connectivity index (χ1) is 28.1. The predicted octanol–water partition coefficient (Wildman–Crippen LogP) is 12.2. The van der Waals surface area contributed by atoms with Crippen molar-refractivity contribution < 1.29 is 48.2 Å². The maximum absolute atomic E-state index is 12.4. The number of carbonyl (C=O) groups is 2. The first-order valence-corrected chi connectivity index (χ1v) is 24.7. The zero-order valence-electron chi connectivity index (χ0n) is 36.7. The Balaban J connectivity index is 4.04. The van der Waals surface area contributed by atoms with E-state index in [4.69, 9.17) is 19.3 Å². The van der Waals surface area contributed by atoms with E-state index in [0.717, 1.165) is 44.9 Å². The van der Waals surface area contributed by atoms with Crippen LogP contribution in [-0.2, 0) is 28.2 Å². The lowest BCUT2D eigenvalue weighted by Crippen LogP contribution is -2.29. The molecule has 338 valence electrons. The third-order valence-corrected chi connectivity index (χ3v) is 10.5. The zero-order valence-corrected chi connectivity index (χ0v) is 37.6. The van der Waals surface area contributed by atoms with Crippen LogP contribution < -0.4 is 0 Å². The summed E-state index contributed by atoms with van der Waals surface area (Å²) in [5.41, 5.74) is 0. The second kappa shape index (κ2) is 41.7. The molecule has 0 unspecified atom stereocenters. The molecule has 3 atom stereocenters. The van der Waals surface area contributed by atoms with Crippen molar-refractivity contribution in [3.8, 4) is 0 Å². The topological polar surface area (TPSA) is 160 Å². The van der Waals surface area contributed by atoms with Gasteiger partial charge in [-0.05, 0) is 32.1 Å². The molecule has 0 saturated carbocycles. The predicted molar refractivity (Wildman–Crippen MR) is 237 cm³/mol. The van der Waals surface area contributed by atoms with Crippen LogP contribution in [0.15, 0.2) is 48.6 Å². The van der Waals surface area contributed by atoms with Crippen molar-refractivity contribution in [1.82, 2.24) is 0 Å². The van der Waals surface area contributed by atoms with Crippen molar-refractivity contribution in [1.29, 1.82) is 0 Å². The smallest absolute Gasteiger partial charge is 0.462 e. The lowest BCUT2D eigenvalue weighted by Gasteiger charge is -2.18. The van der Waals surface area contributed by atoms with E-state index in [9.17, 15) is 24.4 Å². The molecule has 0 aromatic carbocycles. The molecule has 0 heterocycles. The van der Waals surface area contributed by atoms with Gasteiger partial charge in [-0.1, -0.05) is 210 Å². The Bertz CT molecular complexity index is 1110. The van der Waals surface area contributed by atoms with E-state index in [2.05, 4.69) is 18.4 Å². The summed E-state index contributed by atoms with van der Waals surface area (Å²) < 4.78 is 26.3. The second-order valence-electron chi connectivity index (χ2n) is 15.8. The molecule has 0 radical (unpaired) electrons. The van der Waals surface area contributed by atoms with Crippen LogP contribution in [-0.4, -0.2) is 63.5 Å². The summed E-state index contributed by atoms with van der Waals surface area (Å²) in [4.78, 5) is 43.0. The monoisotopic (exact) mass is 841 g/mol. The average Bonchev–Trinajstić information content (AvgIpc) is 3.18. The molecular weight excluding hydrogens is 755 g/mol. The third-order valence-electron chi connectivity index (χ3n) is 10.1. The molecule has 4 N–H and O–H groups in total. The number of allylic oxidation sites excluding steroid dienone is 6. The van der Waals surface area contributed by atoms with Gasteiger partial charge >= 0.3 is 19.8 Å². The maximum Gasteiger partial charge on any atom is 0.469 e. The molecule has 0 fully saturated rings. The van der Waals surface area contributed by atoms with E-state index in [0.29, 0.717) is 25.7 Å². The highest BCUT2D eigenvalue weighted by molar-refractivity contribution is 7.46. The van der Waals surface area contributed by atoms with Gasteiger partial charge in [0.05, 0.1) is 18.8 Å². The average molecular weight is 841 g/mol. The summed E-state index contributed by atoms with van der Waals surface area (Å²) in [6, 6.07) is 0. The van der Waals surface area contributed by atoms with Crippen molar-refractivity contribution in [3.05, 3.63) is 48.6 Å². The van der Waals surface area contributed by atoms with Gasteiger partial charge in [-0.15, -0.1) is 0 Å². The van der Waals surface area contributed by atoms with Gasteiger partial charge in [-0.3, -0.25) is 14.1 Å². The number of phosphoric ester groups is 1. The number of aliphatic hydroxyl groups is 2. The molecule has 0 spiro atoms. The maximum atomic E-state index is 12.4. The third kappa shape index (κ3) is 43.5. The summed E-state index contributed by atoms with van der Waals surface area (Å²) >= 11 is 0. The highest BCUT2D eigenvalue weighted by atomic mass is 31.2. The Morgan fingerprint density at radius 2 is 0.914 bits per heavy atom. The van der Waals surface area contributed by atoms with Crippen molar-refractivity contribution in [2.75, 3.05) is 13.2 Å². The molecule has 0 amide bonds. The summed E-state index contributed by atoms with van der Waals surface area (Å²) in [7, 11) is -4.82. The Kier molecular flexibility index (Phi) is 40.2. The van der Waals surface area contributed by atoms with Crippen LogP contribution in [0.4, 0.5) is 0 Å². The molecule has 0 aromatic rings. The van der Waals surface area contributed by atoms with Gasteiger partial charge in [0.15, 0.2) is 6.10 Å². The molecule has 0 aliphatic carbocycles. The van der Waals surface area contributed by atoms with Crippen LogP contribution in [0, 0.1) is 0 Å². The lowest BCUT2D eigenvalue weighted by atomic mass is 10.0. The Morgan fingerprint density at radius 1 is 0.517 bits per heavy atom. The SMILES string of the molecule is CCCCCCCCCCCCCCCCCCCCCCCC(=O)OC[C@H](COP(=O)(O)O)OC(=O)CCC[C@H](O)/C=C/C=C\C/C=C\C=C\[C@H](O)CCCCC. The molecule has 0 saturated heterocycles. The minimum absolute atomic E-state index is 0.0356. The number of carbonyl (C=O) groups excluding carboxylic acids is 2. The molecule has 0 aliphatic rings. The van der Waals surface area contributed by atoms with Gasteiger partial charge in [0.1, 0.15) is 6.61 Å². The van der Waals surface area contributed by atoms with E-state index >= 15 is 0 Å². The summed E-state index contributed by atoms with van der Waals surface area (Å²) in [6.07, 6.45) is 44.8. The summed E-state index contributed by atoms with van der Waals surface area (Å²) in [5.74, 6) is -1.11. The fourth-order valence-electron chi connectivity index (χ4n) is 6.53. The molecule has 0 aromatic heterocycles. The number of hydrogen-bond acceptors (Lipinski definition) is 8. The first kappa shape index (κ1) is 55.9. The van der Waals surface area contributed by atoms with Crippen LogP contribution in [0.1, 0.15) is 206 Å². The molecule has 58 heavy (non-hydrogen) atoms. The van der Waals surface area contributed by atoms with Gasteiger partial charge in [0.2, 0.25) is 0 Å². The van der Waals surface area contributed by atoms with Crippen LogP contribution in [0.25, 0.3) is 0 Å². The number of unbranched alkanes of at least 4 members (excludes halogenated alkanes) is 22. The van der Waals surface area contributed by atoms with Crippen molar-refractivity contribution in [3.63, 3.8) is 0 Å². The van der Waals surface area contributed by atoms with Crippen LogP contribution >= 0.6 is 7.82 Å². The quantitative estimate of drug-likeness (QED) is 0.0202. The van der Waals surface area contributed by atoms with Crippen molar-refractivity contribution >= 4 is 19.8 Å². The Hall–Kier alpha value is -2.07. The van der Waals surface area contributed by atoms with E-state index in [1.165, 1.54) is 109 Å². The lowest BCUT2D eigenvalue weighted by molar-refractivity contribution is -0.161. The van der Waals surface area contributed by atoms with Crippen molar-refractivity contribution in [2.45, 2.75) is 225 Å². The van der Waals surface area contributed by atoms with Crippen LogP contribution in [0.2, 0.25) is 0 Å².